The Hall–Kier alpha value is -3.62. The Bertz CT molecular complexity index is 1290. The molecule has 4 heterocycles. The van der Waals surface area contributed by atoms with Gasteiger partial charge in [-0.05, 0) is 36.6 Å². The zero-order valence-electron chi connectivity index (χ0n) is 19.9. The fraction of sp³-hybridized carbons (Fsp3) is 0.440. The summed E-state index contributed by atoms with van der Waals surface area (Å²) in [5.41, 5.74) is 3.67. The third-order valence-electron chi connectivity index (χ3n) is 6.81. The van der Waals surface area contributed by atoms with Gasteiger partial charge in [-0.2, -0.15) is 5.10 Å². The third kappa shape index (κ3) is 3.65. The first-order valence-electron chi connectivity index (χ1n) is 11.6. The van der Waals surface area contributed by atoms with E-state index in [1.54, 1.807) is 22.7 Å². The zero-order chi connectivity index (χ0) is 24.2. The molecule has 1 spiro atoms. The number of carboxylic acids is 1. The van der Waals surface area contributed by atoms with Gasteiger partial charge in [-0.1, -0.05) is 26.0 Å². The van der Waals surface area contributed by atoms with Gasteiger partial charge >= 0.3 is 12.1 Å². The number of hydrogen-bond acceptors (Lipinski definition) is 6. The number of aromatic nitrogens is 3. The predicted molar refractivity (Wildman–Crippen MR) is 128 cm³/mol. The second-order valence-electron chi connectivity index (χ2n) is 9.72. The molecule has 9 heteroatoms. The Labute approximate surface area is 197 Å². The van der Waals surface area contributed by atoms with Gasteiger partial charge in [-0.25, -0.2) is 19.3 Å². The van der Waals surface area contributed by atoms with E-state index in [0.29, 0.717) is 38.1 Å². The van der Waals surface area contributed by atoms with E-state index in [1.165, 1.54) is 0 Å². The van der Waals surface area contributed by atoms with Gasteiger partial charge in [0.1, 0.15) is 5.60 Å². The van der Waals surface area contributed by atoms with Crippen molar-refractivity contribution in [1.82, 2.24) is 19.7 Å². The van der Waals surface area contributed by atoms with Crippen LogP contribution in [0.3, 0.4) is 0 Å². The van der Waals surface area contributed by atoms with E-state index in [9.17, 15) is 14.7 Å². The highest BCUT2D eigenvalue weighted by molar-refractivity contribution is 5.98. The molecular formula is C25H29N5O4. The molecule has 3 aromatic rings. The number of anilines is 1. The van der Waals surface area contributed by atoms with E-state index in [-0.39, 0.29) is 17.7 Å². The molecule has 2 saturated heterocycles. The molecule has 1 amide bonds. The van der Waals surface area contributed by atoms with Gasteiger partial charge in [-0.3, -0.25) is 0 Å². The summed E-state index contributed by atoms with van der Waals surface area (Å²) in [5, 5.41) is 15.6. The number of nitrogens with zero attached hydrogens (tertiary/aromatic N) is 5. The second-order valence-corrected chi connectivity index (χ2v) is 9.72. The van der Waals surface area contributed by atoms with Gasteiger partial charge in [0, 0.05) is 33.0 Å². The molecule has 1 N–H and O–H groups in total. The van der Waals surface area contributed by atoms with Crippen LogP contribution < -0.4 is 4.90 Å². The number of pyridine rings is 1. The number of rotatable bonds is 4. The number of carboxylic acid groups (broad SMARTS) is 1. The molecule has 2 aliphatic rings. The minimum Gasteiger partial charge on any atom is -0.477 e. The highest BCUT2D eigenvalue weighted by atomic mass is 16.6. The van der Waals surface area contributed by atoms with Crippen molar-refractivity contribution >= 4 is 28.8 Å². The van der Waals surface area contributed by atoms with Crippen LogP contribution in [0.2, 0.25) is 0 Å². The molecule has 0 unspecified atom stereocenters. The maximum absolute atomic E-state index is 12.0. The average Bonchev–Trinajstić information content (AvgIpc) is 3.31. The maximum atomic E-state index is 12.0. The summed E-state index contributed by atoms with van der Waals surface area (Å²) in [7, 11) is 1.75. The molecule has 2 aliphatic heterocycles. The van der Waals surface area contributed by atoms with Crippen LogP contribution in [0.1, 0.15) is 54.4 Å². The fourth-order valence-corrected chi connectivity index (χ4v) is 5.03. The smallest absolute Gasteiger partial charge is 0.410 e. The summed E-state index contributed by atoms with van der Waals surface area (Å²) in [4.78, 5) is 32.3. The first kappa shape index (κ1) is 22.2. The van der Waals surface area contributed by atoms with Gasteiger partial charge in [-0.15, -0.1) is 0 Å². The van der Waals surface area contributed by atoms with Crippen molar-refractivity contribution in [2.75, 3.05) is 31.6 Å². The molecule has 2 aromatic heterocycles. The number of aromatic carboxylic acids is 1. The van der Waals surface area contributed by atoms with Crippen LogP contribution in [0.5, 0.6) is 0 Å². The van der Waals surface area contributed by atoms with Crippen molar-refractivity contribution in [3.8, 4) is 5.69 Å². The van der Waals surface area contributed by atoms with Crippen molar-refractivity contribution < 1.29 is 19.4 Å². The van der Waals surface area contributed by atoms with Crippen LogP contribution in [0.25, 0.3) is 16.7 Å². The third-order valence-corrected chi connectivity index (χ3v) is 6.81. The predicted octanol–water partition coefficient (Wildman–Crippen LogP) is 3.97. The Morgan fingerprint density at radius 1 is 1.21 bits per heavy atom. The second kappa shape index (κ2) is 8.00. The van der Waals surface area contributed by atoms with Crippen LogP contribution in [0, 0.1) is 6.92 Å². The lowest BCUT2D eigenvalue weighted by atomic mass is 9.90. The SMILES string of the molecule is Cc1cccc(-n2nc(C(C)C)c3c(N4CCC5(CC4)CN(C)C(=O)O5)cc(C(=O)O)nc32)c1. The molecule has 0 saturated carbocycles. The van der Waals surface area contributed by atoms with Crippen LogP contribution in [0.4, 0.5) is 10.5 Å². The molecule has 0 aliphatic carbocycles. The molecular weight excluding hydrogens is 434 g/mol. The lowest BCUT2D eigenvalue weighted by Crippen LogP contribution is -2.46. The highest BCUT2D eigenvalue weighted by Crippen LogP contribution is 2.39. The summed E-state index contributed by atoms with van der Waals surface area (Å²) in [6, 6.07) is 9.59. The summed E-state index contributed by atoms with van der Waals surface area (Å²) >= 11 is 0. The van der Waals surface area contributed by atoms with E-state index in [2.05, 4.69) is 23.7 Å². The Morgan fingerprint density at radius 2 is 1.94 bits per heavy atom. The van der Waals surface area contributed by atoms with Crippen LogP contribution >= 0.6 is 0 Å². The molecule has 1 aromatic carbocycles. The Kier molecular flexibility index (Phi) is 5.22. The average molecular weight is 464 g/mol. The topological polar surface area (TPSA) is 101 Å². The number of carbonyl (C=O) groups excluding carboxylic acids is 1. The van der Waals surface area contributed by atoms with Crippen molar-refractivity contribution in [1.29, 1.82) is 0 Å². The standard InChI is InChI=1S/C25H29N5O4/c1-15(2)21-20-19(29-10-8-25(9-11-29)14-28(4)24(33)34-25)13-18(23(31)32)26-22(20)30(27-21)17-7-5-6-16(3)12-17/h5-7,12-13,15H,8-11,14H2,1-4H3,(H,31,32). The van der Waals surface area contributed by atoms with Gasteiger partial charge in [0.2, 0.25) is 0 Å². The van der Waals surface area contributed by atoms with Crippen LogP contribution in [-0.2, 0) is 4.74 Å². The molecule has 0 bridgehead atoms. The number of piperidine rings is 1. The van der Waals surface area contributed by atoms with Gasteiger partial charge in [0.15, 0.2) is 11.3 Å². The molecule has 2 fully saturated rings. The minimum absolute atomic E-state index is 0.0149. The summed E-state index contributed by atoms with van der Waals surface area (Å²) in [6.07, 6.45) is 1.07. The fourth-order valence-electron chi connectivity index (χ4n) is 5.03. The van der Waals surface area contributed by atoms with E-state index in [0.717, 1.165) is 28.0 Å². The quantitative estimate of drug-likeness (QED) is 0.625. The summed E-state index contributed by atoms with van der Waals surface area (Å²) in [5.74, 6) is -0.962. The van der Waals surface area contributed by atoms with Crippen molar-refractivity contribution in [3.63, 3.8) is 0 Å². The first-order valence-corrected chi connectivity index (χ1v) is 11.6. The van der Waals surface area contributed by atoms with E-state index < -0.39 is 11.6 Å². The van der Waals surface area contributed by atoms with Crippen LogP contribution in [0.15, 0.2) is 30.3 Å². The Morgan fingerprint density at radius 3 is 2.53 bits per heavy atom. The van der Waals surface area contributed by atoms with Crippen molar-refractivity contribution in [3.05, 3.63) is 47.3 Å². The van der Waals surface area contributed by atoms with Crippen molar-refractivity contribution in [2.24, 2.45) is 0 Å². The number of likely N-dealkylation sites (N-methyl/N-ethyl adjacent to an activating group) is 1. The number of ether oxygens (including phenoxy) is 1. The molecule has 34 heavy (non-hydrogen) atoms. The number of carbonyl (C=O) groups is 2. The lowest BCUT2D eigenvalue weighted by molar-refractivity contribution is 0.0366. The van der Waals surface area contributed by atoms with Gasteiger partial charge in [0.05, 0.1) is 29.0 Å². The molecule has 9 nitrogen and oxygen atoms in total. The van der Waals surface area contributed by atoms with Gasteiger partial charge in [0.25, 0.3) is 0 Å². The zero-order valence-corrected chi connectivity index (χ0v) is 19.9. The van der Waals surface area contributed by atoms with Crippen LogP contribution in [-0.4, -0.2) is 69.1 Å². The molecule has 5 rings (SSSR count). The first-order chi connectivity index (χ1) is 16.2. The minimum atomic E-state index is -1.08. The number of hydrogen-bond donors (Lipinski definition) is 1. The number of amides is 1. The largest absolute Gasteiger partial charge is 0.477 e. The number of benzene rings is 1. The highest BCUT2D eigenvalue weighted by Gasteiger charge is 2.46. The maximum Gasteiger partial charge on any atom is 0.410 e. The Balaban J connectivity index is 1.63. The molecule has 178 valence electrons. The number of fused-ring (bicyclic) bond motifs is 1. The van der Waals surface area contributed by atoms with Gasteiger partial charge < -0.3 is 19.6 Å². The van der Waals surface area contributed by atoms with E-state index in [1.807, 2.05) is 31.2 Å². The lowest BCUT2D eigenvalue weighted by Gasteiger charge is -2.38. The molecule has 0 radical (unpaired) electrons. The van der Waals surface area contributed by atoms with Crippen molar-refractivity contribution in [2.45, 2.75) is 45.1 Å². The van der Waals surface area contributed by atoms with E-state index in [4.69, 9.17) is 9.84 Å². The normalized spacial score (nSPS) is 17.7. The number of aryl methyl sites for hydroxylation is 1. The summed E-state index contributed by atoms with van der Waals surface area (Å²) < 4.78 is 7.46. The molecule has 0 atom stereocenters. The van der Waals surface area contributed by atoms with E-state index >= 15 is 0 Å². The summed E-state index contributed by atoms with van der Waals surface area (Å²) in [6.45, 7) is 8.04. The monoisotopic (exact) mass is 463 g/mol.